The summed E-state index contributed by atoms with van der Waals surface area (Å²) < 4.78 is 45.2. The zero-order valence-electron chi connectivity index (χ0n) is 13.6. The van der Waals surface area contributed by atoms with Gasteiger partial charge in [0.25, 0.3) is 0 Å². The van der Waals surface area contributed by atoms with Crippen LogP contribution in [-0.2, 0) is 12.8 Å². The molecule has 0 aliphatic carbocycles. The van der Waals surface area contributed by atoms with Gasteiger partial charge < -0.3 is 4.74 Å². The molecular formula is C21H14F3NO. The minimum Gasteiger partial charge on any atom is -0.488 e. The van der Waals surface area contributed by atoms with E-state index in [0.29, 0.717) is 23.5 Å². The molecule has 26 heavy (non-hydrogen) atoms. The van der Waals surface area contributed by atoms with E-state index in [1.807, 2.05) is 30.3 Å². The van der Waals surface area contributed by atoms with Crippen molar-refractivity contribution in [2.24, 2.45) is 0 Å². The highest BCUT2D eigenvalue weighted by Gasteiger charge is 2.31. The first-order chi connectivity index (χ1) is 12.5. The molecule has 3 aromatic carbocycles. The number of benzene rings is 3. The van der Waals surface area contributed by atoms with E-state index >= 15 is 0 Å². The Labute approximate surface area is 149 Å². The Morgan fingerprint density at radius 2 is 1.58 bits per heavy atom. The normalized spacial score (nSPS) is 11.0. The second kappa shape index (κ2) is 7.32. The number of hydrogen-bond donors (Lipinski definition) is 0. The van der Waals surface area contributed by atoms with Crippen LogP contribution in [-0.4, -0.2) is 0 Å². The summed E-state index contributed by atoms with van der Waals surface area (Å²) in [6.45, 7) is 0.294. The van der Waals surface area contributed by atoms with Crippen LogP contribution in [0.15, 0.2) is 72.8 Å². The van der Waals surface area contributed by atoms with E-state index < -0.39 is 11.7 Å². The number of para-hydroxylation sites is 1. The highest BCUT2D eigenvalue weighted by Crippen LogP contribution is 2.36. The van der Waals surface area contributed by atoms with Crippen LogP contribution in [0.4, 0.5) is 13.2 Å². The molecule has 3 aromatic rings. The van der Waals surface area contributed by atoms with Crippen molar-refractivity contribution in [3.8, 4) is 22.9 Å². The first kappa shape index (κ1) is 17.6. The van der Waals surface area contributed by atoms with Crippen molar-refractivity contribution >= 4 is 0 Å². The van der Waals surface area contributed by atoms with E-state index in [4.69, 9.17) is 10.00 Å². The van der Waals surface area contributed by atoms with Gasteiger partial charge in [0, 0.05) is 5.56 Å². The Balaban J connectivity index is 1.98. The number of rotatable bonds is 4. The number of alkyl halides is 3. The molecule has 0 unspecified atom stereocenters. The van der Waals surface area contributed by atoms with Gasteiger partial charge in [0.1, 0.15) is 12.4 Å². The molecule has 0 aromatic heterocycles. The zero-order chi connectivity index (χ0) is 18.6. The Kier molecular flexibility index (Phi) is 4.94. The van der Waals surface area contributed by atoms with Gasteiger partial charge in [-0.15, -0.1) is 0 Å². The molecular weight excluding hydrogens is 339 g/mol. The molecule has 0 bridgehead atoms. The van der Waals surface area contributed by atoms with Crippen molar-refractivity contribution in [1.82, 2.24) is 0 Å². The molecule has 0 fully saturated rings. The Bertz CT molecular complexity index is 943. The minimum atomic E-state index is -4.53. The van der Waals surface area contributed by atoms with E-state index in [1.54, 1.807) is 30.3 Å². The molecule has 0 saturated carbocycles. The molecule has 0 amide bonds. The lowest BCUT2D eigenvalue weighted by Gasteiger charge is -2.14. The van der Waals surface area contributed by atoms with Crippen LogP contribution in [0.3, 0.4) is 0 Å². The summed E-state index contributed by atoms with van der Waals surface area (Å²) in [6.07, 6.45) is -4.53. The van der Waals surface area contributed by atoms with Gasteiger partial charge in [-0.3, -0.25) is 0 Å². The van der Waals surface area contributed by atoms with E-state index in [9.17, 15) is 13.2 Å². The van der Waals surface area contributed by atoms with Crippen LogP contribution >= 0.6 is 0 Å². The summed E-state index contributed by atoms with van der Waals surface area (Å²) in [5.41, 5.74) is 0.840. The van der Waals surface area contributed by atoms with E-state index in [0.717, 1.165) is 17.7 Å². The Morgan fingerprint density at radius 3 is 2.27 bits per heavy atom. The fraction of sp³-hybridized carbons (Fsp3) is 0.0952. The number of hydrogen-bond acceptors (Lipinski definition) is 2. The minimum absolute atomic E-state index is 0.0484. The number of nitriles is 1. The molecule has 0 N–H and O–H groups in total. The molecule has 2 nitrogen and oxygen atoms in total. The predicted molar refractivity (Wildman–Crippen MR) is 92.4 cm³/mol. The third-order valence-corrected chi connectivity index (χ3v) is 3.82. The lowest BCUT2D eigenvalue weighted by Crippen LogP contribution is -2.05. The Morgan fingerprint density at radius 1 is 0.885 bits per heavy atom. The lowest BCUT2D eigenvalue weighted by atomic mass is 9.99. The number of ether oxygens (including phenoxy) is 1. The van der Waals surface area contributed by atoms with Crippen molar-refractivity contribution in [3.05, 3.63) is 89.5 Å². The largest absolute Gasteiger partial charge is 0.488 e. The smallest absolute Gasteiger partial charge is 0.416 e. The van der Waals surface area contributed by atoms with Crippen molar-refractivity contribution < 1.29 is 17.9 Å². The molecule has 0 spiro atoms. The SMILES string of the molecule is N#Cc1cc(-c2ccccc2OCc2ccccc2)cc(C(F)(F)F)c1. The molecule has 0 saturated heterocycles. The lowest BCUT2D eigenvalue weighted by molar-refractivity contribution is -0.137. The van der Waals surface area contributed by atoms with Crippen molar-refractivity contribution in [3.63, 3.8) is 0 Å². The van der Waals surface area contributed by atoms with Gasteiger partial charge in [-0.1, -0.05) is 48.5 Å². The highest BCUT2D eigenvalue weighted by molar-refractivity contribution is 5.72. The number of nitrogens with zero attached hydrogens (tertiary/aromatic N) is 1. The summed E-state index contributed by atoms with van der Waals surface area (Å²) in [7, 11) is 0. The van der Waals surface area contributed by atoms with Crippen LogP contribution in [0.1, 0.15) is 16.7 Å². The molecule has 130 valence electrons. The van der Waals surface area contributed by atoms with Crippen LogP contribution in [0.2, 0.25) is 0 Å². The highest BCUT2D eigenvalue weighted by atomic mass is 19.4. The maximum Gasteiger partial charge on any atom is 0.416 e. The molecule has 0 aliphatic rings. The summed E-state index contributed by atoms with van der Waals surface area (Å²) >= 11 is 0. The summed E-state index contributed by atoms with van der Waals surface area (Å²) in [5, 5.41) is 9.07. The fourth-order valence-electron chi connectivity index (χ4n) is 2.58. The quantitative estimate of drug-likeness (QED) is 0.592. The first-order valence-electron chi connectivity index (χ1n) is 7.86. The van der Waals surface area contributed by atoms with Gasteiger partial charge in [0.15, 0.2) is 0 Å². The average Bonchev–Trinajstić information content (AvgIpc) is 2.66. The summed E-state index contributed by atoms with van der Waals surface area (Å²) in [6, 6.07) is 21.4. The van der Waals surface area contributed by atoms with Crippen LogP contribution in [0, 0.1) is 11.3 Å². The van der Waals surface area contributed by atoms with Crippen molar-refractivity contribution in [2.45, 2.75) is 12.8 Å². The second-order valence-electron chi connectivity index (χ2n) is 5.68. The van der Waals surface area contributed by atoms with Crippen molar-refractivity contribution in [2.75, 3.05) is 0 Å². The van der Waals surface area contributed by atoms with E-state index in [1.165, 1.54) is 6.07 Å². The summed E-state index contributed by atoms with van der Waals surface area (Å²) in [4.78, 5) is 0. The monoisotopic (exact) mass is 353 g/mol. The summed E-state index contributed by atoms with van der Waals surface area (Å²) in [5.74, 6) is 0.458. The van der Waals surface area contributed by atoms with E-state index in [2.05, 4.69) is 0 Å². The van der Waals surface area contributed by atoms with Gasteiger partial charge in [-0.2, -0.15) is 18.4 Å². The maximum atomic E-state index is 13.1. The number of halogens is 3. The van der Waals surface area contributed by atoms with Gasteiger partial charge in [0.05, 0.1) is 17.2 Å². The second-order valence-corrected chi connectivity index (χ2v) is 5.68. The van der Waals surface area contributed by atoms with Gasteiger partial charge in [-0.05, 0) is 35.4 Å². The molecule has 0 aliphatic heterocycles. The van der Waals surface area contributed by atoms with Gasteiger partial charge in [-0.25, -0.2) is 0 Å². The zero-order valence-corrected chi connectivity index (χ0v) is 13.6. The average molecular weight is 353 g/mol. The van der Waals surface area contributed by atoms with Gasteiger partial charge >= 0.3 is 6.18 Å². The van der Waals surface area contributed by atoms with Gasteiger partial charge in [0.2, 0.25) is 0 Å². The molecule has 5 heteroatoms. The first-order valence-corrected chi connectivity index (χ1v) is 7.86. The molecule has 0 atom stereocenters. The Hall–Kier alpha value is -3.26. The topological polar surface area (TPSA) is 33.0 Å². The third kappa shape index (κ3) is 4.04. The van der Waals surface area contributed by atoms with Crippen LogP contribution in [0.25, 0.3) is 11.1 Å². The molecule has 3 rings (SSSR count). The van der Waals surface area contributed by atoms with Crippen LogP contribution in [0.5, 0.6) is 5.75 Å². The fourth-order valence-corrected chi connectivity index (χ4v) is 2.58. The standard InChI is InChI=1S/C21H14F3NO/c22-21(23,24)18-11-16(13-25)10-17(12-18)19-8-4-5-9-20(19)26-14-15-6-2-1-3-7-15/h1-12H,14H2. The predicted octanol–water partition coefficient (Wildman–Crippen LogP) is 5.82. The molecule has 0 radical (unpaired) electrons. The maximum absolute atomic E-state index is 13.1. The van der Waals surface area contributed by atoms with Crippen molar-refractivity contribution in [1.29, 1.82) is 5.26 Å². The van der Waals surface area contributed by atoms with Crippen LogP contribution < -0.4 is 4.74 Å². The third-order valence-electron chi connectivity index (χ3n) is 3.82. The van der Waals surface area contributed by atoms with E-state index in [-0.39, 0.29) is 5.56 Å². The molecule has 0 heterocycles.